The van der Waals surface area contributed by atoms with Gasteiger partial charge in [0.2, 0.25) is 5.89 Å². The van der Waals surface area contributed by atoms with E-state index in [4.69, 9.17) is 23.4 Å². The number of aryl methyl sites for hydroxylation is 2. The molecule has 1 unspecified atom stereocenters. The summed E-state index contributed by atoms with van der Waals surface area (Å²) >= 11 is 1.30. The first-order valence-electron chi connectivity index (χ1n) is 14.1. The van der Waals surface area contributed by atoms with Crippen LogP contribution in [0.5, 0.6) is 11.5 Å². The van der Waals surface area contributed by atoms with Crippen molar-refractivity contribution in [3.8, 4) is 28.0 Å². The van der Waals surface area contributed by atoms with Crippen molar-refractivity contribution in [1.29, 1.82) is 0 Å². The molecule has 0 bridgehead atoms. The minimum Gasteiger partial charge on any atom is -0.496 e. The summed E-state index contributed by atoms with van der Waals surface area (Å²) in [6.07, 6.45) is 3.90. The van der Waals surface area contributed by atoms with Gasteiger partial charge in [0.25, 0.3) is 5.56 Å². The molecule has 1 fully saturated rings. The third-order valence-electron chi connectivity index (χ3n) is 7.77. The van der Waals surface area contributed by atoms with Crippen LogP contribution in [0.4, 0.5) is 0 Å². The van der Waals surface area contributed by atoms with Crippen LogP contribution in [0.1, 0.15) is 35.6 Å². The molecule has 1 atom stereocenters. The van der Waals surface area contributed by atoms with Gasteiger partial charge in [-0.25, -0.2) is 14.3 Å². The zero-order valence-electron chi connectivity index (χ0n) is 24.5. The predicted molar refractivity (Wildman–Crippen MR) is 164 cm³/mol. The lowest BCUT2D eigenvalue weighted by Gasteiger charge is -2.29. The molecule has 0 saturated carbocycles. The van der Waals surface area contributed by atoms with E-state index in [-0.39, 0.29) is 12.6 Å². The van der Waals surface area contributed by atoms with Crippen LogP contribution < -0.4 is 20.7 Å². The van der Waals surface area contributed by atoms with Gasteiger partial charge in [-0.2, -0.15) is 0 Å². The molecule has 0 amide bonds. The maximum Gasteiger partial charge on any atom is 0.336 e. The monoisotopic (exact) mass is 603 g/mol. The van der Waals surface area contributed by atoms with Gasteiger partial charge >= 0.3 is 5.69 Å². The van der Waals surface area contributed by atoms with E-state index in [1.54, 1.807) is 30.0 Å². The Morgan fingerprint density at radius 2 is 1.81 bits per heavy atom. The van der Waals surface area contributed by atoms with Gasteiger partial charge in [0.05, 0.1) is 49.0 Å². The maximum atomic E-state index is 14.5. The topological polar surface area (TPSA) is 107 Å². The number of fused-ring (bicyclic) bond motifs is 1. The fourth-order valence-corrected chi connectivity index (χ4v) is 6.83. The van der Waals surface area contributed by atoms with Crippen LogP contribution in [0.2, 0.25) is 0 Å². The Bertz CT molecular complexity index is 1870. The Hall–Kier alpha value is -4.19. The highest BCUT2D eigenvalue weighted by atomic mass is 32.1. The quantitative estimate of drug-likeness (QED) is 0.219. The summed E-state index contributed by atoms with van der Waals surface area (Å²) in [6.45, 7) is 5.10. The molecule has 6 rings (SSSR count). The molecule has 0 spiro atoms. The molecule has 10 nitrogen and oxygen atoms in total. The van der Waals surface area contributed by atoms with E-state index < -0.39 is 17.4 Å². The van der Waals surface area contributed by atoms with Crippen LogP contribution >= 0.6 is 11.3 Å². The fraction of sp³-hybridized carbons (Fsp3) is 0.344. The van der Waals surface area contributed by atoms with Gasteiger partial charge in [-0.1, -0.05) is 24.3 Å². The third-order valence-corrected chi connectivity index (χ3v) is 9.08. The molecule has 1 aliphatic heterocycles. The SMILES string of the molecule is COc1ccccc1C(Cn1c(=O)n(-c2cc(C)ccc2OC)c(=O)c2c(C)c(-c3ncco3)sc21)OC1CCOCC1. The number of methoxy groups -OCH3 is 2. The molecule has 43 heavy (non-hydrogen) atoms. The Morgan fingerprint density at radius 1 is 1.05 bits per heavy atom. The fourth-order valence-electron chi connectivity index (χ4n) is 5.59. The molecule has 5 aromatic rings. The number of aromatic nitrogens is 3. The van der Waals surface area contributed by atoms with Crippen molar-refractivity contribution in [2.24, 2.45) is 0 Å². The van der Waals surface area contributed by atoms with Crippen molar-refractivity contribution in [3.05, 3.63) is 92.5 Å². The van der Waals surface area contributed by atoms with Gasteiger partial charge in [-0.05, 0) is 56.0 Å². The largest absolute Gasteiger partial charge is 0.496 e. The molecule has 0 aliphatic carbocycles. The second-order valence-corrected chi connectivity index (χ2v) is 11.5. The minimum absolute atomic E-state index is 0.0643. The molecule has 0 radical (unpaired) electrons. The van der Waals surface area contributed by atoms with E-state index in [0.717, 1.165) is 24.0 Å². The minimum atomic E-state index is -0.557. The van der Waals surface area contributed by atoms with E-state index >= 15 is 0 Å². The van der Waals surface area contributed by atoms with Gasteiger partial charge in [-0.15, -0.1) is 11.3 Å². The predicted octanol–water partition coefficient (Wildman–Crippen LogP) is 5.44. The number of hydrogen-bond donors (Lipinski definition) is 0. The van der Waals surface area contributed by atoms with Gasteiger partial charge in [-0.3, -0.25) is 9.36 Å². The van der Waals surface area contributed by atoms with Gasteiger partial charge in [0, 0.05) is 18.8 Å². The van der Waals surface area contributed by atoms with Crippen LogP contribution in [0.15, 0.2) is 68.9 Å². The zero-order chi connectivity index (χ0) is 30.1. The lowest BCUT2D eigenvalue weighted by atomic mass is 10.1. The molecule has 3 aromatic heterocycles. The molecule has 2 aromatic carbocycles. The Morgan fingerprint density at radius 3 is 2.53 bits per heavy atom. The standard InChI is InChI=1S/C32H33N3O7S/c1-19-9-10-25(39-4)23(17-19)35-30(36)27-20(2)28(29-33-13-16-41-29)43-31(27)34(32(35)37)18-26(42-21-11-14-40-15-12-21)22-7-5-6-8-24(22)38-3/h5-10,13,16-17,21,26H,11-12,14-15,18H2,1-4H3. The summed E-state index contributed by atoms with van der Waals surface area (Å²) in [5.41, 5.74) is 1.80. The molecule has 0 N–H and O–H groups in total. The van der Waals surface area contributed by atoms with E-state index in [1.807, 2.05) is 44.2 Å². The van der Waals surface area contributed by atoms with Gasteiger partial charge in [0.1, 0.15) is 28.7 Å². The highest BCUT2D eigenvalue weighted by Crippen LogP contribution is 2.38. The van der Waals surface area contributed by atoms with E-state index in [0.29, 0.717) is 56.9 Å². The lowest BCUT2D eigenvalue weighted by Crippen LogP contribution is -2.40. The van der Waals surface area contributed by atoms with Gasteiger partial charge < -0.3 is 23.4 Å². The van der Waals surface area contributed by atoms with Crippen LogP contribution in [-0.2, 0) is 16.0 Å². The van der Waals surface area contributed by atoms with Crippen molar-refractivity contribution in [1.82, 2.24) is 14.1 Å². The summed E-state index contributed by atoms with van der Waals surface area (Å²) in [5, 5.41) is 0.409. The van der Waals surface area contributed by atoms with Crippen molar-refractivity contribution >= 4 is 21.6 Å². The number of nitrogens with zero attached hydrogens (tertiary/aromatic N) is 3. The Labute approximate surface area is 252 Å². The Balaban J connectivity index is 1.61. The summed E-state index contributed by atoms with van der Waals surface area (Å²) in [5.74, 6) is 1.45. The summed E-state index contributed by atoms with van der Waals surface area (Å²) in [4.78, 5) is 34.3. The first kappa shape index (κ1) is 28.9. The number of hydrogen-bond acceptors (Lipinski definition) is 9. The first-order chi connectivity index (χ1) is 20.9. The van der Waals surface area contributed by atoms with Gasteiger partial charge in [0.15, 0.2) is 0 Å². The number of oxazole rings is 1. The highest BCUT2D eigenvalue weighted by Gasteiger charge is 2.29. The molecule has 1 aliphatic rings. The molecule has 4 heterocycles. The van der Waals surface area contributed by atoms with E-state index in [9.17, 15) is 9.59 Å². The zero-order valence-corrected chi connectivity index (χ0v) is 25.3. The summed E-state index contributed by atoms with van der Waals surface area (Å²) in [7, 11) is 3.14. The summed E-state index contributed by atoms with van der Waals surface area (Å²) < 4.78 is 32.0. The maximum absolute atomic E-state index is 14.5. The average molecular weight is 604 g/mol. The van der Waals surface area contributed by atoms with Crippen LogP contribution in [-0.4, -0.2) is 47.7 Å². The normalized spacial score (nSPS) is 14.7. The summed E-state index contributed by atoms with van der Waals surface area (Å²) in [6, 6.07) is 13.1. The average Bonchev–Trinajstić information content (AvgIpc) is 3.67. The molecule has 224 valence electrons. The van der Waals surface area contributed by atoms with Crippen molar-refractivity contribution < 1.29 is 23.4 Å². The number of para-hydroxylation sites is 1. The second kappa shape index (κ2) is 12.2. The molecular weight excluding hydrogens is 570 g/mol. The van der Waals surface area contributed by atoms with Crippen molar-refractivity contribution in [3.63, 3.8) is 0 Å². The Kier molecular flexibility index (Phi) is 8.20. The van der Waals surface area contributed by atoms with Crippen molar-refractivity contribution in [2.45, 2.75) is 45.4 Å². The third kappa shape index (κ3) is 5.39. The van der Waals surface area contributed by atoms with Crippen LogP contribution in [0.25, 0.3) is 26.7 Å². The second-order valence-electron chi connectivity index (χ2n) is 10.5. The highest BCUT2D eigenvalue weighted by molar-refractivity contribution is 7.22. The van der Waals surface area contributed by atoms with E-state index in [2.05, 4.69) is 4.98 Å². The smallest absolute Gasteiger partial charge is 0.336 e. The van der Waals surface area contributed by atoms with Crippen molar-refractivity contribution in [2.75, 3.05) is 27.4 Å². The molecule has 11 heteroatoms. The number of benzene rings is 2. The molecule has 1 saturated heterocycles. The molecular formula is C32H33N3O7S. The van der Waals surface area contributed by atoms with Crippen LogP contribution in [0.3, 0.4) is 0 Å². The van der Waals surface area contributed by atoms with E-state index in [1.165, 1.54) is 29.3 Å². The number of rotatable bonds is 9. The number of ether oxygens (including phenoxy) is 4. The van der Waals surface area contributed by atoms with Crippen LogP contribution in [0, 0.1) is 13.8 Å². The lowest BCUT2D eigenvalue weighted by molar-refractivity contribution is -0.0752. The first-order valence-corrected chi connectivity index (χ1v) is 14.9. The number of thiophene rings is 1.